The van der Waals surface area contributed by atoms with E-state index in [1.165, 1.54) is 9.27 Å². The molecule has 0 radical (unpaired) electrons. The molecule has 3 unspecified atom stereocenters. The van der Waals surface area contributed by atoms with Gasteiger partial charge in [-0.05, 0) is 18.4 Å². The average Bonchev–Trinajstić information content (AvgIpc) is 2.93. The SMILES string of the molecule is Cc1cn(C2CC(O)C(CO)O2)c(=O)nc1[O-].[Hg+][c]1ccccc1. The molecule has 24 heavy (non-hydrogen) atoms. The third-order valence-electron chi connectivity index (χ3n) is 3.63. The van der Waals surface area contributed by atoms with Gasteiger partial charge in [0.1, 0.15) is 12.3 Å². The molecular weight excluding hydrogens is 501 g/mol. The second kappa shape index (κ2) is 8.71. The van der Waals surface area contributed by atoms with Crippen LogP contribution in [0.25, 0.3) is 0 Å². The van der Waals surface area contributed by atoms with Gasteiger partial charge < -0.3 is 20.1 Å². The minimum atomic E-state index is -0.830. The first-order chi connectivity index (χ1) is 11.4. The van der Waals surface area contributed by atoms with Crippen molar-refractivity contribution in [3.63, 3.8) is 0 Å². The van der Waals surface area contributed by atoms with Crippen LogP contribution in [0, 0.1) is 6.92 Å². The van der Waals surface area contributed by atoms with Crippen molar-refractivity contribution in [2.45, 2.75) is 31.8 Å². The van der Waals surface area contributed by atoms with Crippen LogP contribution in [0.5, 0.6) is 5.88 Å². The van der Waals surface area contributed by atoms with E-state index in [9.17, 15) is 15.0 Å². The summed E-state index contributed by atoms with van der Waals surface area (Å²) in [4.78, 5) is 14.8. The summed E-state index contributed by atoms with van der Waals surface area (Å²) in [5.74, 6) is -0.566. The number of aryl methyl sites for hydroxylation is 1. The van der Waals surface area contributed by atoms with Crippen LogP contribution in [0.4, 0.5) is 0 Å². The number of benzene rings is 1. The van der Waals surface area contributed by atoms with Crippen LogP contribution in [-0.2, 0) is 30.9 Å². The number of hydrogen-bond acceptors (Lipinski definition) is 6. The molecule has 0 amide bonds. The summed E-state index contributed by atoms with van der Waals surface area (Å²) in [5.41, 5.74) is -0.383. The molecule has 0 saturated carbocycles. The first-order valence-electron chi connectivity index (χ1n) is 7.50. The second-order valence-electron chi connectivity index (χ2n) is 5.52. The number of nitrogens with zero attached hydrogens (tertiary/aromatic N) is 2. The number of rotatable bonds is 2. The molecule has 1 aliphatic heterocycles. The Morgan fingerprint density at radius 3 is 2.58 bits per heavy atom. The summed E-state index contributed by atoms with van der Waals surface area (Å²) in [6.45, 7) is 1.22. The molecule has 3 rings (SSSR count). The van der Waals surface area contributed by atoms with Crippen LogP contribution in [0.1, 0.15) is 18.2 Å². The Morgan fingerprint density at radius 2 is 2.08 bits per heavy atom. The van der Waals surface area contributed by atoms with Crippen molar-refractivity contribution in [2.75, 3.05) is 6.61 Å². The van der Waals surface area contributed by atoms with E-state index < -0.39 is 30.0 Å². The Balaban J connectivity index is 0.000000249. The Hall–Kier alpha value is -1.28. The van der Waals surface area contributed by atoms with Gasteiger partial charge in [-0.3, -0.25) is 4.57 Å². The first-order valence-corrected chi connectivity index (χ1v) is 10.3. The molecular formula is C16H18HgN2O5. The van der Waals surface area contributed by atoms with Crippen molar-refractivity contribution in [1.29, 1.82) is 0 Å². The van der Waals surface area contributed by atoms with Crippen molar-refractivity contribution in [3.05, 3.63) is 52.6 Å². The third-order valence-corrected chi connectivity index (χ3v) is 5.46. The summed E-state index contributed by atoms with van der Waals surface area (Å²) < 4.78 is 7.98. The van der Waals surface area contributed by atoms with Gasteiger partial charge in [-0.25, -0.2) is 9.78 Å². The van der Waals surface area contributed by atoms with Crippen molar-refractivity contribution in [2.24, 2.45) is 0 Å². The normalized spacial score (nSPS) is 22.8. The molecule has 124 valence electrons. The quantitative estimate of drug-likeness (QED) is 0.500. The van der Waals surface area contributed by atoms with E-state index in [1.807, 2.05) is 0 Å². The molecule has 7 nitrogen and oxygen atoms in total. The molecule has 0 bridgehead atoms. The molecule has 1 aliphatic rings. The first kappa shape index (κ1) is 19.0. The van der Waals surface area contributed by atoms with Gasteiger partial charge in [0.2, 0.25) is 0 Å². The van der Waals surface area contributed by atoms with Gasteiger partial charge in [0.15, 0.2) is 0 Å². The molecule has 2 aromatic rings. The summed E-state index contributed by atoms with van der Waals surface area (Å²) in [6, 6.07) is 10.6. The molecule has 3 atom stereocenters. The van der Waals surface area contributed by atoms with E-state index in [0.717, 1.165) is 30.7 Å². The van der Waals surface area contributed by atoms with Crippen LogP contribution in [-0.4, -0.2) is 38.6 Å². The predicted octanol–water partition coefficient (Wildman–Crippen LogP) is -0.875. The van der Waals surface area contributed by atoms with Crippen LogP contribution in [0.3, 0.4) is 0 Å². The number of aliphatic hydroxyl groups is 2. The number of aliphatic hydroxyl groups excluding tert-OH is 2. The molecule has 1 aromatic carbocycles. The number of aromatic nitrogens is 2. The summed E-state index contributed by atoms with van der Waals surface area (Å²) in [5, 5.41) is 29.6. The van der Waals surface area contributed by atoms with Gasteiger partial charge in [-0.15, -0.1) is 0 Å². The fourth-order valence-electron chi connectivity index (χ4n) is 2.29. The monoisotopic (exact) mass is 520 g/mol. The Bertz CT molecular complexity index is 722. The molecule has 1 fully saturated rings. The zero-order chi connectivity index (χ0) is 17.7. The third kappa shape index (κ3) is 4.86. The number of ether oxygens (including phenoxy) is 1. The van der Waals surface area contributed by atoms with Gasteiger partial charge in [0, 0.05) is 12.6 Å². The van der Waals surface area contributed by atoms with Gasteiger partial charge >= 0.3 is 65.2 Å². The molecule has 0 aliphatic carbocycles. The zero-order valence-electron chi connectivity index (χ0n) is 13.3. The average molecular weight is 519 g/mol. The summed E-state index contributed by atoms with van der Waals surface area (Å²) >= 11 is 0.810. The summed E-state index contributed by atoms with van der Waals surface area (Å²) in [7, 11) is 0. The molecule has 0 spiro atoms. The Labute approximate surface area is 155 Å². The van der Waals surface area contributed by atoms with E-state index in [-0.39, 0.29) is 13.0 Å². The van der Waals surface area contributed by atoms with Crippen LogP contribution < -0.4 is 13.9 Å². The maximum atomic E-state index is 11.5. The van der Waals surface area contributed by atoms with Crippen molar-refractivity contribution < 1.29 is 46.2 Å². The topological polar surface area (TPSA) is 108 Å². The van der Waals surface area contributed by atoms with Crippen LogP contribution in [0.15, 0.2) is 41.3 Å². The van der Waals surface area contributed by atoms with E-state index in [2.05, 4.69) is 35.3 Å². The second-order valence-corrected chi connectivity index (χ2v) is 8.69. The molecule has 1 saturated heterocycles. The summed E-state index contributed by atoms with van der Waals surface area (Å²) in [6.07, 6.45) is -0.691. The van der Waals surface area contributed by atoms with E-state index in [0.29, 0.717) is 5.56 Å². The molecule has 2 N–H and O–H groups in total. The van der Waals surface area contributed by atoms with Crippen LogP contribution in [0.2, 0.25) is 0 Å². The fraction of sp³-hybridized carbons (Fsp3) is 0.375. The maximum absolute atomic E-state index is 11.5. The van der Waals surface area contributed by atoms with E-state index >= 15 is 0 Å². The van der Waals surface area contributed by atoms with Gasteiger partial charge in [0.25, 0.3) is 0 Å². The molecule has 8 heteroatoms. The fourth-order valence-corrected chi connectivity index (χ4v) is 3.34. The Morgan fingerprint density at radius 1 is 1.42 bits per heavy atom. The van der Waals surface area contributed by atoms with Crippen molar-refractivity contribution in [3.8, 4) is 5.88 Å². The zero-order valence-corrected chi connectivity index (χ0v) is 18.8. The van der Waals surface area contributed by atoms with Gasteiger partial charge in [0.05, 0.1) is 12.7 Å². The molecule has 2 heterocycles. The Kier molecular flexibility index (Phi) is 6.91. The predicted molar refractivity (Wildman–Crippen MR) is 80.4 cm³/mol. The van der Waals surface area contributed by atoms with E-state index in [4.69, 9.17) is 9.84 Å². The minimum absolute atomic E-state index is 0.185. The van der Waals surface area contributed by atoms with Crippen molar-refractivity contribution in [1.82, 2.24) is 9.55 Å². The van der Waals surface area contributed by atoms with Gasteiger partial charge in [-0.1, -0.05) is 0 Å². The molecule has 1 aromatic heterocycles. The number of hydrogen-bond donors (Lipinski definition) is 2. The van der Waals surface area contributed by atoms with Crippen molar-refractivity contribution >= 4 is 3.07 Å². The standard InChI is InChI=1S/C10H14N2O5.C6H5.Hg/c1-5-3-12(10(16)11-9(5)15)8-2-6(14)7(4-13)17-8;1-2-4-6-5-3-1;/h3,6-8,13-14H,2,4H2,1H3,(H,11,15,16);1-5H;/q;;+1/p-1. The van der Waals surface area contributed by atoms with E-state index in [1.54, 1.807) is 6.92 Å². The van der Waals surface area contributed by atoms with Crippen LogP contribution >= 0.6 is 0 Å². The van der Waals surface area contributed by atoms with Gasteiger partial charge in [-0.2, -0.15) is 0 Å².